The fraction of sp³-hybridized carbons (Fsp3) is 0.294. The van der Waals surface area contributed by atoms with Crippen LogP contribution in [-0.4, -0.2) is 5.11 Å². The quantitative estimate of drug-likeness (QED) is 0.879. The van der Waals surface area contributed by atoms with Crippen LogP contribution in [0.15, 0.2) is 52.3 Å². The Kier molecular flexibility index (Phi) is 4.51. The molecule has 106 valence electrons. The summed E-state index contributed by atoms with van der Waals surface area (Å²) in [7, 11) is 0. The predicted octanol–water partition coefficient (Wildman–Crippen LogP) is 4.77. The van der Waals surface area contributed by atoms with Gasteiger partial charge in [-0.15, -0.1) is 0 Å². The second-order valence-electron chi connectivity index (χ2n) is 5.79. The topological polar surface area (TPSA) is 20.2 Å². The third-order valence-electron chi connectivity index (χ3n) is 3.14. The Morgan fingerprint density at radius 1 is 1.05 bits per heavy atom. The first-order valence-corrected chi connectivity index (χ1v) is 7.39. The Hall–Kier alpha value is -1.32. The van der Waals surface area contributed by atoms with Crippen LogP contribution in [0.5, 0.6) is 0 Å². The second-order valence-corrected chi connectivity index (χ2v) is 6.90. The number of hydrogen-bond acceptors (Lipinski definition) is 2. The van der Waals surface area contributed by atoms with E-state index in [1.165, 1.54) is 17.7 Å². The van der Waals surface area contributed by atoms with Crippen molar-refractivity contribution in [2.45, 2.75) is 42.6 Å². The molecule has 1 nitrogen and oxygen atoms in total. The third-order valence-corrected chi connectivity index (χ3v) is 4.27. The highest BCUT2D eigenvalue weighted by molar-refractivity contribution is 7.99. The Balaban J connectivity index is 2.22. The number of aliphatic hydroxyl groups excluding tert-OH is 1. The van der Waals surface area contributed by atoms with Crippen LogP contribution in [0.2, 0.25) is 0 Å². The molecule has 20 heavy (non-hydrogen) atoms. The Morgan fingerprint density at radius 2 is 1.70 bits per heavy atom. The number of halogens is 1. The molecule has 0 spiro atoms. The lowest BCUT2D eigenvalue weighted by Gasteiger charge is -2.19. The lowest BCUT2D eigenvalue weighted by Crippen LogP contribution is -2.10. The molecule has 0 fully saturated rings. The minimum atomic E-state index is -0.318. The molecule has 0 heterocycles. The summed E-state index contributed by atoms with van der Waals surface area (Å²) >= 11 is 1.54. The zero-order chi connectivity index (χ0) is 14.8. The summed E-state index contributed by atoms with van der Waals surface area (Å²) in [5.74, 6) is -0.318. The van der Waals surface area contributed by atoms with Gasteiger partial charge >= 0.3 is 0 Å². The first-order valence-electron chi connectivity index (χ1n) is 6.58. The van der Waals surface area contributed by atoms with E-state index < -0.39 is 0 Å². The van der Waals surface area contributed by atoms with Crippen molar-refractivity contribution in [3.63, 3.8) is 0 Å². The summed E-state index contributed by atoms with van der Waals surface area (Å²) in [5.41, 5.74) is 2.04. The van der Waals surface area contributed by atoms with Gasteiger partial charge in [0.15, 0.2) is 0 Å². The summed E-state index contributed by atoms with van der Waals surface area (Å²) in [6.07, 6.45) is 0. The molecule has 2 aromatic rings. The highest BCUT2D eigenvalue weighted by atomic mass is 32.2. The molecular weight excluding hydrogens is 271 g/mol. The van der Waals surface area contributed by atoms with Gasteiger partial charge in [0, 0.05) is 9.79 Å². The van der Waals surface area contributed by atoms with Gasteiger partial charge in [0.2, 0.25) is 0 Å². The number of aliphatic hydroxyl groups is 1. The Labute approximate surface area is 123 Å². The highest BCUT2D eigenvalue weighted by Crippen LogP contribution is 2.32. The van der Waals surface area contributed by atoms with Crippen molar-refractivity contribution in [2.24, 2.45) is 0 Å². The van der Waals surface area contributed by atoms with Crippen LogP contribution in [0.4, 0.5) is 4.39 Å². The van der Waals surface area contributed by atoms with Gasteiger partial charge < -0.3 is 5.11 Å². The maximum atomic E-state index is 13.1. The predicted molar refractivity (Wildman–Crippen MR) is 81.6 cm³/mol. The van der Waals surface area contributed by atoms with E-state index in [1.807, 2.05) is 0 Å². The fourth-order valence-corrected chi connectivity index (χ4v) is 2.84. The van der Waals surface area contributed by atoms with E-state index in [0.717, 1.165) is 9.79 Å². The molecule has 2 rings (SSSR count). The van der Waals surface area contributed by atoms with Gasteiger partial charge in [-0.05, 0) is 46.9 Å². The molecule has 0 aromatic heterocycles. The van der Waals surface area contributed by atoms with Crippen LogP contribution in [0, 0.1) is 5.82 Å². The van der Waals surface area contributed by atoms with Crippen molar-refractivity contribution in [3.8, 4) is 0 Å². The standard InChI is InChI=1S/C17H19FOS/c1-17(2,3)13-4-7-15(8-5-13)20-16-9-6-14(18)10-12(16)11-19/h4-10,19H,11H2,1-3H3. The number of hydrogen-bond donors (Lipinski definition) is 1. The minimum absolute atomic E-state index is 0.134. The van der Waals surface area contributed by atoms with Gasteiger partial charge in [-0.1, -0.05) is 44.7 Å². The van der Waals surface area contributed by atoms with Crippen LogP contribution in [0.3, 0.4) is 0 Å². The summed E-state index contributed by atoms with van der Waals surface area (Å²) in [5, 5.41) is 9.29. The van der Waals surface area contributed by atoms with E-state index in [0.29, 0.717) is 5.56 Å². The molecule has 0 bridgehead atoms. The largest absolute Gasteiger partial charge is 0.392 e. The van der Waals surface area contributed by atoms with Crippen LogP contribution in [0.25, 0.3) is 0 Å². The minimum Gasteiger partial charge on any atom is -0.392 e. The Morgan fingerprint density at radius 3 is 2.25 bits per heavy atom. The van der Waals surface area contributed by atoms with E-state index in [1.54, 1.807) is 17.8 Å². The van der Waals surface area contributed by atoms with Gasteiger partial charge in [-0.3, -0.25) is 0 Å². The molecule has 0 aliphatic rings. The van der Waals surface area contributed by atoms with Crippen molar-refractivity contribution in [2.75, 3.05) is 0 Å². The van der Waals surface area contributed by atoms with E-state index in [9.17, 15) is 9.50 Å². The van der Waals surface area contributed by atoms with Gasteiger partial charge in [0.05, 0.1) is 6.61 Å². The van der Waals surface area contributed by atoms with Crippen molar-refractivity contribution >= 4 is 11.8 Å². The molecule has 1 N–H and O–H groups in total. The SMILES string of the molecule is CC(C)(C)c1ccc(Sc2ccc(F)cc2CO)cc1. The molecule has 3 heteroatoms. The zero-order valence-electron chi connectivity index (χ0n) is 12.0. The number of benzene rings is 2. The van der Waals surface area contributed by atoms with Crippen LogP contribution in [-0.2, 0) is 12.0 Å². The lowest BCUT2D eigenvalue weighted by molar-refractivity contribution is 0.278. The van der Waals surface area contributed by atoms with Crippen molar-refractivity contribution in [3.05, 3.63) is 59.4 Å². The molecular formula is C17H19FOS. The molecule has 0 aliphatic carbocycles. The second kappa shape index (κ2) is 5.98. The molecule has 0 saturated carbocycles. The Bertz CT molecular complexity index is 585. The first kappa shape index (κ1) is 15.1. The fourth-order valence-electron chi connectivity index (χ4n) is 1.92. The highest BCUT2D eigenvalue weighted by Gasteiger charge is 2.13. The average molecular weight is 290 g/mol. The van der Waals surface area contributed by atoms with E-state index >= 15 is 0 Å². The van der Waals surface area contributed by atoms with E-state index in [4.69, 9.17) is 0 Å². The van der Waals surface area contributed by atoms with Crippen LogP contribution >= 0.6 is 11.8 Å². The number of rotatable bonds is 3. The first-order chi connectivity index (χ1) is 9.40. The molecule has 2 aromatic carbocycles. The monoisotopic (exact) mass is 290 g/mol. The molecule has 0 aliphatic heterocycles. The maximum Gasteiger partial charge on any atom is 0.123 e. The van der Waals surface area contributed by atoms with Gasteiger partial charge in [-0.2, -0.15) is 0 Å². The van der Waals surface area contributed by atoms with E-state index in [2.05, 4.69) is 45.0 Å². The molecule has 0 unspecified atom stereocenters. The summed E-state index contributed by atoms with van der Waals surface area (Å²) in [6.45, 7) is 6.39. The summed E-state index contributed by atoms with van der Waals surface area (Å²) in [6, 6.07) is 12.9. The normalized spacial score (nSPS) is 11.7. The van der Waals surface area contributed by atoms with E-state index in [-0.39, 0.29) is 17.8 Å². The maximum absolute atomic E-state index is 13.1. The van der Waals surface area contributed by atoms with Gasteiger partial charge in [-0.25, -0.2) is 4.39 Å². The molecule has 0 atom stereocenters. The molecule has 0 radical (unpaired) electrons. The average Bonchev–Trinajstić information content (AvgIpc) is 2.40. The van der Waals surface area contributed by atoms with Crippen molar-refractivity contribution in [1.82, 2.24) is 0 Å². The smallest absolute Gasteiger partial charge is 0.123 e. The zero-order valence-corrected chi connectivity index (χ0v) is 12.8. The van der Waals surface area contributed by atoms with Crippen molar-refractivity contribution in [1.29, 1.82) is 0 Å². The third kappa shape index (κ3) is 3.62. The van der Waals surface area contributed by atoms with Crippen molar-refractivity contribution < 1.29 is 9.50 Å². The molecule has 0 saturated heterocycles. The lowest BCUT2D eigenvalue weighted by atomic mass is 9.87. The summed E-state index contributed by atoms with van der Waals surface area (Å²) in [4.78, 5) is 1.97. The summed E-state index contributed by atoms with van der Waals surface area (Å²) < 4.78 is 13.1. The van der Waals surface area contributed by atoms with Crippen LogP contribution < -0.4 is 0 Å². The van der Waals surface area contributed by atoms with Gasteiger partial charge in [0.25, 0.3) is 0 Å². The van der Waals surface area contributed by atoms with Gasteiger partial charge in [0.1, 0.15) is 5.82 Å². The van der Waals surface area contributed by atoms with Crippen LogP contribution in [0.1, 0.15) is 31.9 Å². The molecule has 0 amide bonds.